The minimum absolute atomic E-state index is 0.000278. The van der Waals surface area contributed by atoms with E-state index in [1.165, 1.54) is 12.1 Å². The number of halogens is 2. The van der Waals surface area contributed by atoms with Gasteiger partial charge in [-0.3, -0.25) is 4.79 Å². The summed E-state index contributed by atoms with van der Waals surface area (Å²) in [6, 6.07) is 19.8. The third-order valence-electron chi connectivity index (χ3n) is 6.84. The summed E-state index contributed by atoms with van der Waals surface area (Å²) in [7, 11) is 0. The Morgan fingerprint density at radius 2 is 1.72 bits per heavy atom. The van der Waals surface area contributed by atoms with Crippen LogP contribution in [0.2, 0.25) is 0 Å². The summed E-state index contributed by atoms with van der Waals surface area (Å²) in [6.07, 6.45) is 4.90. The Morgan fingerprint density at radius 3 is 2.42 bits per heavy atom. The Morgan fingerprint density at radius 1 is 1.03 bits per heavy atom. The van der Waals surface area contributed by atoms with Crippen LogP contribution in [0.15, 0.2) is 79.2 Å². The first-order chi connectivity index (χ1) is 17.6. The number of likely N-dealkylation sites (tertiary alicyclic amines) is 1. The molecule has 3 aromatic rings. The fraction of sp³-hybridized carbons (Fsp3) is 0.276. The van der Waals surface area contributed by atoms with E-state index in [9.17, 15) is 13.6 Å². The molecule has 5 nitrogen and oxygen atoms in total. The van der Waals surface area contributed by atoms with Crippen LogP contribution < -0.4 is 14.8 Å². The molecule has 2 aliphatic rings. The number of rotatable bonds is 7. The van der Waals surface area contributed by atoms with Gasteiger partial charge in [-0.25, -0.2) is 8.78 Å². The van der Waals surface area contributed by atoms with E-state index in [2.05, 4.69) is 5.32 Å². The third-order valence-corrected chi connectivity index (χ3v) is 6.84. The summed E-state index contributed by atoms with van der Waals surface area (Å²) >= 11 is 0. The summed E-state index contributed by atoms with van der Waals surface area (Å²) in [6.45, 7) is 0.765. The number of piperidine rings is 1. The lowest BCUT2D eigenvalue weighted by Crippen LogP contribution is -2.40. The van der Waals surface area contributed by atoms with Crippen LogP contribution >= 0.6 is 0 Å². The zero-order chi connectivity index (χ0) is 24.9. The molecule has 1 fully saturated rings. The maximum atomic E-state index is 13.7. The normalized spacial score (nSPS) is 16.0. The molecule has 0 unspecified atom stereocenters. The van der Waals surface area contributed by atoms with Gasteiger partial charge >= 0.3 is 0 Å². The smallest absolute Gasteiger partial charge is 0.253 e. The van der Waals surface area contributed by atoms with E-state index in [-0.39, 0.29) is 30.2 Å². The van der Waals surface area contributed by atoms with Crippen LogP contribution in [0.1, 0.15) is 40.2 Å². The quantitative estimate of drug-likeness (QED) is 0.433. The van der Waals surface area contributed by atoms with Crippen molar-refractivity contribution in [2.75, 3.05) is 31.7 Å². The van der Waals surface area contributed by atoms with Crippen LogP contribution in [0.4, 0.5) is 14.5 Å². The van der Waals surface area contributed by atoms with E-state index in [1.54, 1.807) is 24.6 Å². The number of anilines is 1. The Bertz CT molecular complexity index is 1220. The predicted molar refractivity (Wildman–Crippen MR) is 135 cm³/mol. The molecule has 0 bridgehead atoms. The maximum absolute atomic E-state index is 13.7. The summed E-state index contributed by atoms with van der Waals surface area (Å²) in [5.41, 5.74) is 3.52. The number of carbonyl (C=O) groups is 1. The van der Waals surface area contributed by atoms with E-state index in [4.69, 9.17) is 9.47 Å². The average Bonchev–Trinajstić information content (AvgIpc) is 2.93. The highest BCUT2D eigenvalue weighted by atomic mass is 19.1. The molecule has 0 spiro atoms. The molecule has 2 heterocycles. The number of fused-ring (bicyclic) bond motifs is 1. The van der Waals surface area contributed by atoms with Crippen LogP contribution in [0.5, 0.6) is 11.5 Å². The molecule has 7 heteroatoms. The first-order valence-corrected chi connectivity index (χ1v) is 12.2. The predicted octanol–water partition coefficient (Wildman–Crippen LogP) is 6.13. The number of amides is 1. The molecule has 0 aromatic heterocycles. The SMILES string of the molecule is O=C(c1ccc2c(c1)NC=CO2)N1CCC([C@H](c2ccc(F)cc2)c2ccc(OCCF)cc2)CC1. The molecule has 0 saturated carbocycles. The van der Waals surface area contributed by atoms with Gasteiger partial charge in [-0.05, 0) is 72.4 Å². The van der Waals surface area contributed by atoms with Crippen LogP contribution in [0.25, 0.3) is 0 Å². The number of hydrogen-bond acceptors (Lipinski definition) is 4. The highest BCUT2D eigenvalue weighted by molar-refractivity contribution is 5.95. The number of benzene rings is 3. The second-order valence-electron chi connectivity index (χ2n) is 9.04. The van der Waals surface area contributed by atoms with Gasteiger partial charge in [-0.15, -0.1) is 0 Å². The number of nitrogens with one attached hydrogen (secondary N) is 1. The molecule has 0 aliphatic carbocycles. The van der Waals surface area contributed by atoms with Gasteiger partial charge in [0.25, 0.3) is 5.91 Å². The minimum Gasteiger partial charge on any atom is -0.491 e. The third kappa shape index (κ3) is 5.20. The highest BCUT2D eigenvalue weighted by Gasteiger charge is 2.31. The molecule has 5 rings (SSSR count). The van der Waals surface area contributed by atoms with E-state index < -0.39 is 6.67 Å². The molecule has 1 atom stereocenters. The summed E-state index contributed by atoms with van der Waals surface area (Å²) in [4.78, 5) is 15.1. The van der Waals surface area contributed by atoms with Crippen molar-refractivity contribution < 1.29 is 23.0 Å². The van der Waals surface area contributed by atoms with E-state index in [0.717, 1.165) is 29.7 Å². The van der Waals surface area contributed by atoms with Gasteiger partial charge < -0.3 is 19.7 Å². The Balaban J connectivity index is 1.31. The van der Waals surface area contributed by atoms with Gasteiger partial charge in [0.2, 0.25) is 0 Å². The molecule has 2 aliphatic heterocycles. The molecular formula is C29H28F2N2O3. The highest BCUT2D eigenvalue weighted by Crippen LogP contribution is 2.39. The van der Waals surface area contributed by atoms with Crippen molar-refractivity contribution in [1.29, 1.82) is 0 Å². The van der Waals surface area contributed by atoms with Crippen molar-refractivity contribution in [2.24, 2.45) is 5.92 Å². The molecule has 1 saturated heterocycles. The number of hydrogen-bond donors (Lipinski definition) is 1. The van der Waals surface area contributed by atoms with Gasteiger partial charge in [0.05, 0.1) is 5.69 Å². The largest absolute Gasteiger partial charge is 0.491 e. The number of carbonyl (C=O) groups excluding carboxylic acids is 1. The van der Waals surface area contributed by atoms with Gasteiger partial charge in [0.1, 0.15) is 36.9 Å². The van der Waals surface area contributed by atoms with Gasteiger partial charge in [0.15, 0.2) is 0 Å². The van der Waals surface area contributed by atoms with Crippen molar-refractivity contribution in [1.82, 2.24) is 4.90 Å². The fourth-order valence-electron chi connectivity index (χ4n) is 5.06. The van der Waals surface area contributed by atoms with Crippen molar-refractivity contribution in [3.8, 4) is 11.5 Å². The lowest BCUT2D eigenvalue weighted by atomic mass is 9.76. The topological polar surface area (TPSA) is 50.8 Å². The van der Waals surface area contributed by atoms with Gasteiger partial charge in [-0.1, -0.05) is 24.3 Å². The van der Waals surface area contributed by atoms with E-state index >= 15 is 0 Å². The summed E-state index contributed by atoms with van der Waals surface area (Å²) in [5, 5.41) is 3.11. The lowest BCUT2D eigenvalue weighted by Gasteiger charge is -2.37. The van der Waals surface area contributed by atoms with Crippen LogP contribution in [0, 0.1) is 11.7 Å². The number of nitrogens with zero attached hydrogens (tertiary/aromatic N) is 1. The Kier molecular flexibility index (Phi) is 7.16. The van der Waals surface area contributed by atoms with Crippen molar-refractivity contribution in [3.63, 3.8) is 0 Å². The van der Waals surface area contributed by atoms with Crippen LogP contribution in [-0.4, -0.2) is 37.2 Å². The van der Waals surface area contributed by atoms with Crippen molar-refractivity contribution >= 4 is 11.6 Å². The summed E-state index contributed by atoms with van der Waals surface area (Å²) in [5.74, 6) is 1.37. The number of alkyl halides is 1. The standard InChI is InChI=1S/C29H28F2N2O3/c30-13-17-35-25-8-3-21(4-9-25)28(20-1-6-24(31)7-2-20)22-11-15-33(16-12-22)29(34)23-5-10-27-26(19-23)32-14-18-36-27/h1-10,14,18-19,22,28,32H,11-13,15-17H2/t28-/m1/s1. The second-order valence-corrected chi connectivity index (χ2v) is 9.04. The molecule has 1 amide bonds. The first-order valence-electron chi connectivity index (χ1n) is 12.2. The molecular weight excluding hydrogens is 462 g/mol. The van der Waals surface area contributed by atoms with Crippen LogP contribution in [-0.2, 0) is 0 Å². The fourth-order valence-corrected chi connectivity index (χ4v) is 5.06. The maximum Gasteiger partial charge on any atom is 0.253 e. The first kappa shape index (κ1) is 23.9. The van der Waals surface area contributed by atoms with Gasteiger partial charge in [0, 0.05) is 30.8 Å². The zero-order valence-corrected chi connectivity index (χ0v) is 19.8. The Hall–Kier alpha value is -3.87. The second kappa shape index (κ2) is 10.8. The van der Waals surface area contributed by atoms with Crippen molar-refractivity contribution in [2.45, 2.75) is 18.8 Å². The number of ether oxygens (including phenoxy) is 2. The monoisotopic (exact) mass is 490 g/mol. The molecule has 0 radical (unpaired) electrons. The van der Waals surface area contributed by atoms with E-state index in [1.807, 2.05) is 47.4 Å². The zero-order valence-electron chi connectivity index (χ0n) is 19.8. The van der Waals surface area contributed by atoms with Gasteiger partial charge in [-0.2, -0.15) is 0 Å². The molecule has 186 valence electrons. The van der Waals surface area contributed by atoms with Crippen molar-refractivity contribution in [3.05, 3.63) is 102 Å². The molecule has 1 N–H and O–H groups in total. The molecule has 36 heavy (non-hydrogen) atoms. The molecule has 3 aromatic carbocycles. The Labute approximate surface area is 209 Å². The minimum atomic E-state index is -0.538. The lowest BCUT2D eigenvalue weighted by molar-refractivity contribution is 0.0683. The summed E-state index contributed by atoms with van der Waals surface area (Å²) < 4.78 is 37.0. The average molecular weight is 491 g/mol. The van der Waals surface area contributed by atoms with Crippen LogP contribution in [0.3, 0.4) is 0 Å². The van der Waals surface area contributed by atoms with E-state index in [0.29, 0.717) is 30.2 Å².